The number of benzene rings is 1. The molecule has 0 atom stereocenters. The average molecular weight is 323 g/mol. The van der Waals surface area contributed by atoms with Gasteiger partial charge in [-0.2, -0.15) is 5.10 Å². The first-order valence-electron chi connectivity index (χ1n) is 8.84. The Kier molecular flexibility index (Phi) is 4.00. The second-order valence-corrected chi connectivity index (χ2v) is 7.01. The lowest BCUT2D eigenvalue weighted by Crippen LogP contribution is -2.42. The Balaban J connectivity index is 1.37. The lowest BCUT2D eigenvalue weighted by atomic mass is 9.68. The van der Waals surface area contributed by atoms with Crippen molar-refractivity contribution in [2.45, 2.75) is 32.2 Å². The van der Waals surface area contributed by atoms with Crippen LogP contribution in [-0.4, -0.2) is 40.8 Å². The number of rotatable bonds is 3. The Bertz CT molecular complexity index is 714. The van der Waals surface area contributed by atoms with Gasteiger partial charge in [-0.25, -0.2) is 4.68 Å². The van der Waals surface area contributed by atoms with Gasteiger partial charge in [-0.15, -0.1) is 0 Å². The van der Waals surface area contributed by atoms with Crippen molar-refractivity contribution in [1.29, 1.82) is 0 Å². The minimum atomic E-state index is 0.590. The SMILES string of the molecule is CN=C(NCc1ccn(-c2ccccc2)n1)N1CCC2(CCC2)C1. The molecule has 1 saturated heterocycles. The van der Waals surface area contributed by atoms with Crippen molar-refractivity contribution < 1.29 is 0 Å². The molecule has 1 aliphatic carbocycles. The highest BCUT2D eigenvalue weighted by Gasteiger charge is 2.43. The monoisotopic (exact) mass is 323 g/mol. The molecule has 4 rings (SSSR count). The van der Waals surface area contributed by atoms with E-state index in [1.165, 1.54) is 25.7 Å². The standard InChI is InChI=1S/C19H25N5/c1-20-18(23-13-11-19(15-23)9-5-10-19)21-14-16-8-12-24(22-16)17-6-3-2-4-7-17/h2-4,6-8,12H,5,9-11,13-15H2,1H3,(H,20,21). The molecule has 2 heterocycles. The van der Waals surface area contributed by atoms with Gasteiger partial charge in [0, 0.05) is 26.3 Å². The quantitative estimate of drug-likeness (QED) is 0.698. The van der Waals surface area contributed by atoms with Gasteiger partial charge in [-0.05, 0) is 42.9 Å². The van der Waals surface area contributed by atoms with E-state index in [-0.39, 0.29) is 0 Å². The highest BCUT2D eigenvalue weighted by Crippen LogP contribution is 2.47. The van der Waals surface area contributed by atoms with E-state index < -0.39 is 0 Å². The molecule has 0 bridgehead atoms. The van der Waals surface area contributed by atoms with Crippen molar-refractivity contribution in [2.24, 2.45) is 10.4 Å². The molecule has 1 aromatic heterocycles. The Morgan fingerprint density at radius 3 is 2.71 bits per heavy atom. The third-order valence-corrected chi connectivity index (χ3v) is 5.46. The zero-order valence-corrected chi connectivity index (χ0v) is 14.3. The van der Waals surface area contributed by atoms with Crippen LogP contribution in [0.5, 0.6) is 0 Å². The summed E-state index contributed by atoms with van der Waals surface area (Å²) in [6.45, 7) is 2.99. The minimum absolute atomic E-state index is 0.590. The molecule has 2 aromatic rings. The second-order valence-electron chi connectivity index (χ2n) is 7.01. The summed E-state index contributed by atoms with van der Waals surface area (Å²) in [5, 5.41) is 8.13. The van der Waals surface area contributed by atoms with Gasteiger partial charge in [0.2, 0.25) is 0 Å². The van der Waals surface area contributed by atoms with Gasteiger partial charge in [0.1, 0.15) is 0 Å². The highest BCUT2D eigenvalue weighted by atomic mass is 15.3. The number of para-hydroxylation sites is 1. The van der Waals surface area contributed by atoms with Gasteiger partial charge >= 0.3 is 0 Å². The van der Waals surface area contributed by atoms with Crippen LogP contribution < -0.4 is 5.32 Å². The van der Waals surface area contributed by atoms with Crippen LogP contribution >= 0.6 is 0 Å². The Labute approximate surface area is 143 Å². The number of hydrogen-bond acceptors (Lipinski definition) is 2. The third kappa shape index (κ3) is 2.90. The largest absolute Gasteiger partial charge is 0.351 e. The van der Waals surface area contributed by atoms with Gasteiger partial charge in [0.05, 0.1) is 17.9 Å². The molecule has 24 heavy (non-hydrogen) atoms. The van der Waals surface area contributed by atoms with E-state index in [0.29, 0.717) is 12.0 Å². The van der Waals surface area contributed by atoms with Crippen LogP contribution in [0.4, 0.5) is 0 Å². The molecule has 1 aliphatic heterocycles. The number of aliphatic imine (C=N–C) groups is 1. The van der Waals surface area contributed by atoms with E-state index in [2.05, 4.69) is 38.5 Å². The van der Waals surface area contributed by atoms with E-state index in [4.69, 9.17) is 0 Å². The maximum Gasteiger partial charge on any atom is 0.193 e. The summed E-state index contributed by atoms with van der Waals surface area (Å²) in [6, 6.07) is 12.3. The predicted octanol–water partition coefficient (Wildman–Crippen LogP) is 2.82. The van der Waals surface area contributed by atoms with Crippen molar-refractivity contribution in [3.8, 4) is 5.69 Å². The highest BCUT2D eigenvalue weighted by molar-refractivity contribution is 5.80. The number of nitrogens with zero attached hydrogens (tertiary/aromatic N) is 4. The fourth-order valence-corrected chi connectivity index (χ4v) is 3.88. The molecule has 0 unspecified atom stereocenters. The van der Waals surface area contributed by atoms with Gasteiger partial charge in [0.25, 0.3) is 0 Å². The van der Waals surface area contributed by atoms with Crippen molar-refractivity contribution in [2.75, 3.05) is 20.1 Å². The molecule has 2 aliphatic rings. The summed E-state index contributed by atoms with van der Waals surface area (Å²) in [5.74, 6) is 1.01. The second kappa shape index (κ2) is 6.30. The first kappa shape index (κ1) is 15.2. The molecule has 126 valence electrons. The minimum Gasteiger partial charge on any atom is -0.351 e. The molecule has 1 aromatic carbocycles. The van der Waals surface area contributed by atoms with Crippen LogP contribution in [0.15, 0.2) is 47.6 Å². The summed E-state index contributed by atoms with van der Waals surface area (Å²) in [7, 11) is 1.87. The number of guanidine groups is 1. The number of aromatic nitrogens is 2. The molecular weight excluding hydrogens is 298 g/mol. The van der Waals surface area contributed by atoms with E-state index in [0.717, 1.165) is 30.4 Å². The zero-order chi connectivity index (χ0) is 16.4. The van der Waals surface area contributed by atoms with E-state index in [9.17, 15) is 0 Å². The van der Waals surface area contributed by atoms with E-state index >= 15 is 0 Å². The van der Waals surface area contributed by atoms with Crippen LogP contribution in [0, 0.1) is 5.41 Å². The Morgan fingerprint density at radius 1 is 1.21 bits per heavy atom. The van der Waals surface area contributed by atoms with Gasteiger partial charge in [-0.3, -0.25) is 4.99 Å². The summed E-state index contributed by atoms with van der Waals surface area (Å²) < 4.78 is 1.92. The van der Waals surface area contributed by atoms with Crippen molar-refractivity contribution in [1.82, 2.24) is 20.0 Å². The average Bonchev–Trinajstić information content (AvgIpc) is 3.23. The van der Waals surface area contributed by atoms with Crippen molar-refractivity contribution in [3.05, 3.63) is 48.3 Å². The molecule has 2 fully saturated rings. The molecule has 1 spiro atoms. The van der Waals surface area contributed by atoms with Crippen molar-refractivity contribution in [3.63, 3.8) is 0 Å². The Morgan fingerprint density at radius 2 is 2.04 bits per heavy atom. The molecule has 1 saturated carbocycles. The number of nitrogens with one attached hydrogen (secondary N) is 1. The molecular formula is C19H25N5. The van der Waals surface area contributed by atoms with Crippen LogP contribution in [0.3, 0.4) is 0 Å². The molecule has 0 radical (unpaired) electrons. The fourth-order valence-electron chi connectivity index (χ4n) is 3.88. The summed E-state index contributed by atoms with van der Waals surface area (Å²) in [4.78, 5) is 6.88. The fraction of sp³-hybridized carbons (Fsp3) is 0.474. The van der Waals surface area contributed by atoms with Gasteiger partial charge < -0.3 is 10.2 Å². The summed E-state index contributed by atoms with van der Waals surface area (Å²) in [5.41, 5.74) is 2.70. The normalized spacial score (nSPS) is 19.5. The molecule has 5 heteroatoms. The molecule has 5 nitrogen and oxygen atoms in total. The maximum atomic E-state index is 4.65. The van der Waals surface area contributed by atoms with Crippen LogP contribution in [-0.2, 0) is 6.54 Å². The van der Waals surface area contributed by atoms with Gasteiger partial charge in [-0.1, -0.05) is 24.6 Å². The van der Waals surface area contributed by atoms with E-state index in [1.807, 2.05) is 36.1 Å². The number of hydrogen-bond donors (Lipinski definition) is 1. The topological polar surface area (TPSA) is 45.5 Å². The van der Waals surface area contributed by atoms with E-state index in [1.54, 1.807) is 0 Å². The first-order valence-corrected chi connectivity index (χ1v) is 8.84. The molecule has 0 amide bonds. The summed E-state index contributed by atoms with van der Waals surface area (Å²) in [6.07, 6.45) is 7.51. The molecule has 1 N–H and O–H groups in total. The third-order valence-electron chi connectivity index (χ3n) is 5.46. The van der Waals surface area contributed by atoms with Crippen LogP contribution in [0.1, 0.15) is 31.4 Å². The number of likely N-dealkylation sites (tertiary alicyclic amines) is 1. The predicted molar refractivity (Wildman–Crippen MR) is 96.2 cm³/mol. The smallest absolute Gasteiger partial charge is 0.193 e. The summed E-state index contributed by atoms with van der Waals surface area (Å²) >= 11 is 0. The maximum absolute atomic E-state index is 4.65. The van der Waals surface area contributed by atoms with Crippen LogP contribution in [0.2, 0.25) is 0 Å². The first-order chi connectivity index (χ1) is 11.8. The lowest BCUT2D eigenvalue weighted by Gasteiger charge is -2.38. The zero-order valence-electron chi connectivity index (χ0n) is 14.3. The van der Waals surface area contributed by atoms with Crippen LogP contribution in [0.25, 0.3) is 5.69 Å². The Hall–Kier alpha value is -2.30. The van der Waals surface area contributed by atoms with Crippen molar-refractivity contribution >= 4 is 5.96 Å². The van der Waals surface area contributed by atoms with Gasteiger partial charge in [0.15, 0.2) is 5.96 Å². The lowest BCUT2D eigenvalue weighted by molar-refractivity contribution is 0.151.